The normalized spacial score (nSPS) is 11.4. The number of halogens is 5. The van der Waals surface area contributed by atoms with E-state index in [4.69, 9.17) is 16.3 Å². The first-order chi connectivity index (χ1) is 8.27. The number of nitro groups is 1. The Labute approximate surface area is 113 Å². The van der Waals surface area contributed by atoms with Crippen molar-refractivity contribution in [3.63, 3.8) is 0 Å². The van der Waals surface area contributed by atoms with Gasteiger partial charge in [-0.1, -0.05) is 15.9 Å². The van der Waals surface area contributed by atoms with Gasteiger partial charge in [0.25, 0.3) is 0 Å². The fourth-order valence-electron chi connectivity index (χ4n) is 1.17. The molecule has 1 aromatic carbocycles. The maximum Gasteiger partial charge on any atom is 0.417 e. The van der Waals surface area contributed by atoms with E-state index in [2.05, 4.69) is 15.9 Å². The summed E-state index contributed by atoms with van der Waals surface area (Å²) in [5.74, 6) is -0.198. The Morgan fingerprint density at radius 2 is 2.06 bits per heavy atom. The second kappa shape index (κ2) is 5.75. The molecule has 0 amide bonds. The Morgan fingerprint density at radius 1 is 1.44 bits per heavy atom. The average Bonchev–Trinajstić information content (AvgIpc) is 2.23. The number of benzene rings is 1. The summed E-state index contributed by atoms with van der Waals surface area (Å²) in [6, 6.07) is 1.33. The van der Waals surface area contributed by atoms with Crippen LogP contribution >= 0.6 is 27.5 Å². The van der Waals surface area contributed by atoms with Crippen LogP contribution in [0.3, 0.4) is 0 Å². The molecule has 0 aliphatic carbocycles. The van der Waals surface area contributed by atoms with E-state index in [1.165, 1.54) is 0 Å². The molecular formula is C9H6BrClF3NO3. The molecule has 0 radical (unpaired) electrons. The zero-order valence-corrected chi connectivity index (χ0v) is 11.0. The van der Waals surface area contributed by atoms with E-state index < -0.39 is 22.4 Å². The van der Waals surface area contributed by atoms with Crippen molar-refractivity contribution < 1.29 is 22.8 Å². The number of hydrogen-bond donors (Lipinski definition) is 0. The van der Waals surface area contributed by atoms with Crippen LogP contribution in [0.2, 0.25) is 0 Å². The van der Waals surface area contributed by atoms with Gasteiger partial charge in [-0.3, -0.25) is 10.1 Å². The topological polar surface area (TPSA) is 52.4 Å². The molecule has 1 aromatic rings. The molecule has 9 heteroatoms. The lowest BCUT2D eigenvalue weighted by Gasteiger charge is -2.11. The van der Waals surface area contributed by atoms with Gasteiger partial charge < -0.3 is 4.74 Å². The first-order valence-corrected chi connectivity index (χ1v) is 5.84. The molecule has 0 aromatic heterocycles. The molecule has 0 heterocycles. The summed E-state index contributed by atoms with van der Waals surface area (Å²) < 4.78 is 42.3. The summed E-state index contributed by atoms with van der Waals surface area (Å²) in [4.78, 5) is 9.75. The van der Waals surface area contributed by atoms with Crippen LogP contribution in [0.1, 0.15) is 5.56 Å². The summed E-state index contributed by atoms with van der Waals surface area (Å²) >= 11 is 8.04. The maximum absolute atomic E-state index is 12.6. The molecule has 0 unspecified atom stereocenters. The van der Waals surface area contributed by atoms with Gasteiger partial charge >= 0.3 is 11.9 Å². The quantitative estimate of drug-likeness (QED) is 0.469. The lowest BCUT2D eigenvalue weighted by atomic mass is 10.2. The third-order valence-electron chi connectivity index (χ3n) is 1.89. The van der Waals surface area contributed by atoms with Crippen molar-refractivity contribution in [1.29, 1.82) is 0 Å². The average molecular weight is 349 g/mol. The van der Waals surface area contributed by atoms with E-state index in [-0.39, 0.29) is 22.7 Å². The van der Waals surface area contributed by atoms with Gasteiger partial charge in [-0.15, -0.1) is 11.6 Å². The SMILES string of the molecule is O=[N+]([O-])c1cc(C(F)(F)F)c(Br)cc1OCCCl. The molecule has 100 valence electrons. The summed E-state index contributed by atoms with van der Waals surface area (Å²) in [6.45, 7) is -0.0415. The highest BCUT2D eigenvalue weighted by atomic mass is 79.9. The Bertz CT molecular complexity index is 467. The van der Waals surface area contributed by atoms with Gasteiger partial charge in [0, 0.05) is 16.6 Å². The number of nitro benzene ring substituents is 1. The van der Waals surface area contributed by atoms with E-state index in [0.717, 1.165) is 6.07 Å². The van der Waals surface area contributed by atoms with Gasteiger partial charge in [-0.2, -0.15) is 13.2 Å². The first-order valence-electron chi connectivity index (χ1n) is 4.51. The van der Waals surface area contributed by atoms with Crippen LogP contribution in [0.25, 0.3) is 0 Å². The van der Waals surface area contributed by atoms with Crippen LogP contribution < -0.4 is 4.74 Å². The molecule has 0 N–H and O–H groups in total. The fourth-order valence-corrected chi connectivity index (χ4v) is 1.79. The van der Waals surface area contributed by atoms with Gasteiger partial charge in [0.1, 0.15) is 6.61 Å². The third kappa shape index (κ3) is 3.49. The zero-order valence-electron chi connectivity index (χ0n) is 8.63. The number of nitrogens with zero attached hydrogens (tertiary/aromatic N) is 1. The van der Waals surface area contributed by atoms with Crippen LogP contribution in [-0.4, -0.2) is 17.4 Å². The molecule has 4 nitrogen and oxygen atoms in total. The Morgan fingerprint density at radius 3 is 2.50 bits per heavy atom. The summed E-state index contributed by atoms with van der Waals surface area (Å²) in [6.07, 6.45) is -4.69. The fraction of sp³-hybridized carbons (Fsp3) is 0.333. The molecule has 0 atom stereocenters. The molecule has 0 fully saturated rings. The summed E-state index contributed by atoms with van der Waals surface area (Å²) in [5.41, 5.74) is -1.89. The number of ether oxygens (including phenoxy) is 1. The number of alkyl halides is 4. The maximum atomic E-state index is 12.6. The highest BCUT2D eigenvalue weighted by Gasteiger charge is 2.36. The lowest BCUT2D eigenvalue weighted by molar-refractivity contribution is -0.386. The molecular weight excluding hydrogens is 342 g/mol. The molecule has 1 rings (SSSR count). The van der Waals surface area contributed by atoms with E-state index >= 15 is 0 Å². The largest absolute Gasteiger partial charge is 0.486 e. The Balaban J connectivity index is 3.30. The molecule has 18 heavy (non-hydrogen) atoms. The van der Waals surface area contributed by atoms with Gasteiger partial charge in [0.15, 0.2) is 5.75 Å². The summed E-state index contributed by atoms with van der Waals surface area (Å²) in [5, 5.41) is 10.7. The second-order valence-electron chi connectivity index (χ2n) is 3.09. The zero-order chi connectivity index (χ0) is 13.9. The number of rotatable bonds is 4. The lowest BCUT2D eigenvalue weighted by Crippen LogP contribution is -2.09. The highest BCUT2D eigenvalue weighted by Crippen LogP contribution is 2.41. The van der Waals surface area contributed by atoms with E-state index in [9.17, 15) is 23.3 Å². The molecule has 0 saturated carbocycles. The van der Waals surface area contributed by atoms with E-state index in [1.807, 2.05) is 0 Å². The van der Waals surface area contributed by atoms with Crippen molar-refractivity contribution >= 4 is 33.2 Å². The van der Waals surface area contributed by atoms with Gasteiger partial charge in [-0.05, 0) is 0 Å². The second-order valence-corrected chi connectivity index (χ2v) is 4.32. The van der Waals surface area contributed by atoms with Gasteiger partial charge in [0.05, 0.1) is 16.4 Å². The van der Waals surface area contributed by atoms with Crippen LogP contribution in [0.5, 0.6) is 5.75 Å². The predicted molar refractivity (Wildman–Crippen MR) is 62.0 cm³/mol. The van der Waals surface area contributed by atoms with Gasteiger partial charge in [-0.25, -0.2) is 0 Å². The number of hydrogen-bond acceptors (Lipinski definition) is 3. The molecule has 0 bridgehead atoms. The van der Waals surface area contributed by atoms with E-state index in [1.54, 1.807) is 0 Å². The molecule has 0 spiro atoms. The van der Waals surface area contributed by atoms with Crippen molar-refractivity contribution in [3.8, 4) is 5.75 Å². The minimum absolute atomic E-state index is 0.0415. The standard InChI is InChI=1S/C9H6BrClF3NO3/c10-6-4-8(18-2-1-11)7(15(16)17)3-5(6)9(12,13)14/h3-4H,1-2H2. The van der Waals surface area contributed by atoms with E-state index in [0.29, 0.717) is 6.07 Å². The minimum Gasteiger partial charge on any atom is -0.486 e. The Hall–Kier alpha value is -1.02. The monoisotopic (exact) mass is 347 g/mol. The van der Waals surface area contributed by atoms with Crippen LogP contribution in [0, 0.1) is 10.1 Å². The summed E-state index contributed by atoms with van der Waals surface area (Å²) in [7, 11) is 0. The van der Waals surface area contributed by atoms with Crippen molar-refractivity contribution in [2.45, 2.75) is 6.18 Å². The van der Waals surface area contributed by atoms with Crippen molar-refractivity contribution in [3.05, 3.63) is 32.3 Å². The molecule has 0 aliphatic heterocycles. The highest BCUT2D eigenvalue weighted by molar-refractivity contribution is 9.10. The van der Waals surface area contributed by atoms with Crippen LogP contribution in [0.4, 0.5) is 18.9 Å². The van der Waals surface area contributed by atoms with Gasteiger partial charge in [0.2, 0.25) is 0 Å². The van der Waals surface area contributed by atoms with Crippen molar-refractivity contribution in [2.24, 2.45) is 0 Å². The minimum atomic E-state index is -4.69. The molecule has 0 aliphatic rings. The van der Waals surface area contributed by atoms with Crippen LogP contribution in [-0.2, 0) is 6.18 Å². The molecule has 0 saturated heterocycles. The third-order valence-corrected chi connectivity index (χ3v) is 2.70. The predicted octanol–water partition coefficient (Wildman–Crippen LogP) is 3.99. The Kier molecular flexibility index (Phi) is 4.80. The van der Waals surface area contributed by atoms with Crippen molar-refractivity contribution in [2.75, 3.05) is 12.5 Å². The van der Waals surface area contributed by atoms with Crippen LogP contribution in [0.15, 0.2) is 16.6 Å². The first kappa shape index (κ1) is 15.0. The smallest absolute Gasteiger partial charge is 0.417 e. The van der Waals surface area contributed by atoms with Crippen molar-refractivity contribution in [1.82, 2.24) is 0 Å².